The molecule has 28 heavy (non-hydrogen) atoms. The van der Waals surface area contributed by atoms with Crippen molar-refractivity contribution in [1.29, 1.82) is 0 Å². The molecule has 0 fully saturated rings. The minimum absolute atomic E-state index is 0.627. The molecular formula is C24H22N2O2. The lowest BCUT2D eigenvalue weighted by molar-refractivity contribution is 0.541. The first-order valence-electron chi connectivity index (χ1n) is 9.28. The van der Waals surface area contributed by atoms with Crippen molar-refractivity contribution in [3.05, 3.63) is 83.6 Å². The average molecular weight is 370 g/mol. The van der Waals surface area contributed by atoms with Gasteiger partial charge in [-0.25, -0.2) is 9.97 Å². The van der Waals surface area contributed by atoms with Gasteiger partial charge in [-0.2, -0.15) is 0 Å². The number of allylic oxidation sites excluding steroid dienone is 2. The van der Waals surface area contributed by atoms with Gasteiger partial charge in [0.15, 0.2) is 0 Å². The number of rotatable bonds is 4. The Hall–Kier alpha value is -3.40. The van der Waals surface area contributed by atoms with Crippen LogP contribution < -0.4 is 0 Å². The zero-order valence-electron chi connectivity index (χ0n) is 16.5. The van der Waals surface area contributed by atoms with Crippen LogP contribution in [-0.2, 0) is 0 Å². The van der Waals surface area contributed by atoms with Crippen LogP contribution in [0.1, 0.15) is 36.8 Å². The summed E-state index contributed by atoms with van der Waals surface area (Å²) in [6, 6.07) is 19.9. The highest BCUT2D eigenvalue weighted by atomic mass is 16.4. The third kappa shape index (κ3) is 3.29. The molecule has 0 unspecified atom stereocenters. The second kappa shape index (κ2) is 7.31. The summed E-state index contributed by atoms with van der Waals surface area (Å²) in [4.78, 5) is 9.48. The average Bonchev–Trinajstić information content (AvgIpc) is 3.31. The number of aryl methyl sites for hydroxylation is 2. The topological polar surface area (TPSA) is 52.1 Å². The Morgan fingerprint density at radius 1 is 0.607 bits per heavy atom. The second-order valence-corrected chi connectivity index (χ2v) is 6.83. The van der Waals surface area contributed by atoms with Crippen molar-refractivity contribution in [1.82, 2.24) is 9.97 Å². The Morgan fingerprint density at radius 2 is 0.964 bits per heavy atom. The first kappa shape index (κ1) is 18.0. The van der Waals surface area contributed by atoms with Gasteiger partial charge in [-0.1, -0.05) is 36.4 Å². The number of oxazole rings is 2. The smallest absolute Gasteiger partial charge is 0.226 e. The molecule has 0 spiro atoms. The fourth-order valence-electron chi connectivity index (χ4n) is 3.25. The lowest BCUT2D eigenvalue weighted by Crippen LogP contribution is -1.91. The van der Waals surface area contributed by atoms with E-state index in [9.17, 15) is 0 Å². The largest absolute Gasteiger partial charge is 0.441 e. The minimum atomic E-state index is 0.627. The summed E-state index contributed by atoms with van der Waals surface area (Å²) >= 11 is 0. The van der Waals surface area contributed by atoms with Crippen molar-refractivity contribution in [2.75, 3.05) is 0 Å². The van der Waals surface area contributed by atoms with Gasteiger partial charge in [0.1, 0.15) is 22.9 Å². The lowest BCUT2D eigenvalue weighted by atomic mass is 10.0. The molecule has 0 saturated heterocycles. The highest BCUT2D eigenvalue weighted by Gasteiger charge is 2.19. The third-order valence-corrected chi connectivity index (χ3v) is 4.91. The summed E-state index contributed by atoms with van der Waals surface area (Å²) < 4.78 is 11.8. The van der Waals surface area contributed by atoms with Gasteiger partial charge in [0.2, 0.25) is 11.8 Å². The molecule has 0 saturated carbocycles. The number of hydrogen-bond acceptors (Lipinski definition) is 4. The maximum absolute atomic E-state index is 5.92. The van der Waals surface area contributed by atoms with Gasteiger partial charge < -0.3 is 8.83 Å². The summed E-state index contributed by atoms with van der Waals surface area (Å²) in [5.74, 6) is 2.84. The Kier molecular flexibility index (Phi) is 4.70. The van der Waals surface area contributed by atoms with Crippen molar-refractivity contribution in [3.63, 3.8) is 0 Å². The molecule has 2 heterocycles. The molecule has 2 aromatic carbocycles. The van der Waals surface area contributed by atoms with Gasteiger partial charge in [-0.3, -0.25) is 0 Å². The Labute approximate surface area is 164 Å². The SMILES string of the molecule is CC(=C(C)c1nc(-c2ccccc2)oc1C)c1nc(-c2ccccc2)oc1C. The molecule has 4 aromatic rings. The summed E-state index contributed by atoms with van der Waals surface area (Å²) in [5.41, 5.74) is 5.68. The van der Waals surface area contributed by atoms with E-state index in [-0.39, 0.29) is 0 Å². The van der Waals surface area contributed by atoms with E-state index >= 15 is 0 Å². The Morgan fingerprint density at radius 3 is 1.32 bits per heavy atom. The van der Waals surface area contributed by atoms with Crippen molar-refractivity contribution in [2.24, 2.45) is 0 Å². The summed E-state index contributed by atoms with van der Waals surface area (Å²) in [5, 5.41) is 0. The first-order valence-corrected chi connectivity index (χ1v) is 9.28. The molecule has 4 rings (SSSR count). The molecule has 0 amide bonds. The maximum Gasteiger partial charge on any atom is 0.226 e. The highest BCUT2D eigenvalue weighted by molar-refractivity contribution is 5.88. The molecule has 2 aromatic heterocycles. The van der Waals surface area contributed by atoms with Gasteiger partial charge in [-0.15, -0.1) is 0 Å². The Bertz CT molecular complexity index is 1040. The van der Waals surface area contributed by atoms with Crippen LogP contribution >= 0.6 is 0 Å². The normalized spacial score (nSPS) is 12.1. The van der Waals surface area contributed by atoms with E-state index in [1.165, 1.54) is 0 Å². The van der Waals surface area contributed by atoms with Gasteiger partial charge in [-0.05, 0) is 63.1 Å². The van der Waals surface area contributed by atoms with Crippen molar-refractivity contribution >= 4 is 11.1 Å². The van der Waals surface area contributed by atoms with E-state index in [0.717, 1.165) is 45.2 Å². The number of hydrogen-bond donors (Lipinski definition) is 0. The molecule has 0 bridgehead atoms. The van der Waals surface area contributed by atoms with Crippen molar-refractivity contribution in [2.45, 2.75) is 27.7 Å². The van der Waals surface area contributed by atoms with E-state index in [0.29, 0.717) is 11.8 Å². The van der Waals surface area contributed by atoms with Crippen LogP contribution in [0, 0.1) is 13.8 Å². The van der Waals surface area contributed by atoms with Gasteiger partial charge in [0.05, 0.1) is 0 Å². The van der Waals surface area contributed by atoms with Crippen LogP contribution in [0.2, 0.25) is 0 Å². The van der Waals surface area contributed by atoms with Crippen LogP contribution in [-0.4, -0.2) is 9.97 Å². The maximum atomic E-state index is 5.92. The van der Waals surface area contributed by atoms with E-state index in [1.54, 1.807) is 0 Å². The van der Waals surface area contributed by atoms with Gasteiger partial charge in [0.25, 0.3) is 0 Å². The molecular weight excluding hydrogens is 348 g/mol. The molecule has 4 heteroatoms. The predicted octanol–water partition coefficient (Wildman–Crippen LogP) is 6.56. The monoisotopic (exact) mass is 370 g/mol. The zero-order chi connectivity index (χ0) is 19.7. The van der Waals surface area contributed by atoms with E-state index in [4.69, 9.17) is 18.8 Å². The minimum Gasteiger partial charge on any atom is -0.441 e. The molecule has 0 radical (unpaired) electrons. The summed E-state index contributed by atoms with van der Waals surface area (Å²) in [6.45, 7) is 7.98. The summed E-state index contributed by atoms with van der Waals surface area (Å²) in [6.07, 6.45) is 0. The predicted molar refractivity (Wildman–Crippen MR) is 112 cm³/mol. The standard InChI is InChI=1S/C24H22N2O2/c1-15(21-17(3)27-23(25-21)19-11-7-5-8-12-19)16(2)22-18(4)28-24(26-22)20-13-9-6-10-14-20/h5-14H,1-4H3. The van der Waals surface area contributed by atoms with Crippen LogP contribution in [0.4, 0.5) is 0 Å². The number of aromatic nitrogens is 2. The Balaban J connectivity index is 1.74. The van der Waals surface area contributed by atoms with E-state index in [1.807, 2.05) is 88.4 Å². The van der Waals surface area contributed by atoms with Crippen molar-refractivity contribution < 1.29 is 8.83 Å². The lowest BCUT2D eigenvalue weighted by Gasteiger charge is -2.04. The molecule has 0 aliphatic heterocycles. The molecule has 0 N–H and O–H groups in total. The second-order valence-electron chi connectivity index (χ2n) is 6.83. The van der Waals surface area contributed by atoms with E-state index < -0.39 is 0 Å². The molecule has 140 valence electrons. The molecule has 4 nitrogen and oxygen atoms in total. The van der Waals surface area contributed by atoms with E-state index in [2.05, 4.69) is 0 Å². The number of benzene rings is 2. The van der Waals surface area contributed by atoms with Crippen LogP contribution in [0.25, 0.3) is 34.1 Å². The first-order chi connectivity index (χ1) is 13.5. The molecule has 0 atom stereocenters. The highest BCUT2D eigenvalue weighted by Crippen LogP contribution is 2.33. The fourth-order valence-corrected chi connectivity index (χ4v) is 3.25. The van der Waals surface area contributed by atoms with Crippen molar-refractivity contribution in [3.8, 4) is 22.9 Å². The van der Waals surface area contributed by atoms with Gasteiger partial charge in [0, 0.05) is 11.1 Å². The van der Waals surface area contributed by atoms with Crippen LogP contribution in [0.15, 0.2) is 69.5 Å². The summed E-state index contributed by atoms with van der Waals surface area (Å²) in [7, 11) is 0. The quantitative estimate of drug-likeness (QED) is 0.408. The van der Waals surface area contributed by atoms with Gasteiger partial charge >= 0.3 is 0 Å². The fraction of sp³-hybridized carbons (Fsp3) is 0.167. The van der Waals surface area contributed by atoms with Crippen LogP contribution in [0.5, 0.6) is 0 Å². The van der Waals surface area contributed by atoms with Crippen LogP contribution in [0.3, 0.4) is 0 Å². The zero-order valence-corrected chi connectivity index (χ0v) is 16.5. The molecule has 0 aliphatic carbocycles. The number of nitrogens with zero attached hydrogens (tertiary/aromatic N) is 2. The third-order valence-electron chi connectivity index (χ3n) is 4.91. The molecule has 0 aliphatic rings.